The van der Waals surface area contributed by atoms with E-state index in [1.54, 1.807) is 18.2 Å². The SMILES string of the molecule is CCCNCCCc1ccccc1/C=C/C[C@H](C)[C@@H]1CNC[C@]2(O)[C@H](Oc3ccc4c(c3)OCC(c3ccc(O)cc3)=C4O)O[C@H](C(=O)O)[C@@H](O)[C@]2(C=O)OCSSC[C@@H]1C1=CCN=C1. The van der Waals surface area contributed by atoms with E-state index < -0.39 is 42.2 Å². The van der Waals surface area contributed by atoms with Crippen LogP contribution in [0.1, 0.15) is 55.4 Å². The van der Waals surface area contributed by atoms with Crippen LogP contribution in [0.4, 0.5) is 0 Å². The van der Waals surface area contributed by atoms with Gasteiger partial charge in [0.15, 0.2) is 23.6 Å². The summed E-state index contributed by atoms with van der Waals surface area (Å²) in [6, 6.07) is 19.3. The number of carbonyl (C=O) groups excluding carboxylic acids is 1. The molecular weight excluding hydrogens is 871 g/mol. The summed E-state index contributed by atoms with van der Waals surface area (Å²) in [7, 11) is 2.81. The number of allylic oxidation sites excluding steroid dienone is 2. The molecule has 0 spiro atoms. The van der Waals surface area contributed by atoms with Crippen molar-refractivity contribution in [1.82, 2.24) is 10.6 Å². The zero-order valence-electron chi connectivity index (χ0n) is 36.6. The van der Waals surface area contributed by atoms with Crippen LogP contribution in [0.2, 0.25) is 0 Å². The summed E-state index contributed by atoms with van der Waals surface area (Å²) in [5.74, 6) is -0.639. The minimum Gasteiger partial charge on any atom is -0.508 e. The van der Waals surface area contributed by atoms with Crippen molar-refractivity contribution in [3.05, 3.63) is 107 Å². The number of hydrogen-bond acceptors (Lipinski definition) is 15. The first-order valence-electron chi connectivity index (χ1n) is 22.1. The van der Waals surface area contributed by atoms with Crippen LogP contribution in [0.5, 0.6) is 17.2 Å². The number of hydrogen-bond donors (Lipinski definition) is 7. The summed E-state index contributed by atoms with van der Waals surface area (Å²) < 4.78 is 24.3. The molecule has 14 nitrogen and oxygen atoms in total. The molecular formula is C49H59N3O11S2. The van der Waals surface area contributed by atoms with Gasteiger partial charge in [-0.1, -0.05) is 90.1 Å². The van der Waals surface area contributed by atoms with Crippen molar-refractivity contribution >= 4 is 57.5 Å². The minimum absolute atomic E-state index is 0.0106. The Hall–Kier alpha value is -4.65. The number of aliphatic hydroxyl groups is 3. The van der Waals surface area contributed by atoms with Crippen LogP contribution >= 0.6 is 21.6 Å². The van der Waals surface area contributed by atoms with Gasteiger partial charge in [0.05, 0.1) is 12.1 Å². The van der Waals surface area contributed by atoms with Crippen LogP contribution in [0, 0.1) is 17.8 Å². The Morgan fingerprint density at radius 3 is 2.68 bits per heavy atom. The number of aliphatic hydroxyl groups excluding tert-OH is 2. The molecule has 0 aliphatic carbocycles. The number of benzene rings is 3. The summed E-state index contributed by atoms with van der Waals surface area (Å²) in [6.07, 6.45) is 6.58. The summed E-state index contributed by atoms with van der Waals surface area (Å²) in [6.45, 7) is 6.87. The first kappa shape index (κ1) is 48.3. The van der Waals surface area contributed by atoms with Crippen LogP contribution in [-0.4, -0.2) is 125 Å². The van der Waals surface area contributed by atoms with Gasteiger partial charge in [0.2, 0.25) is 6.29 Å². The summed E-state index contributed by atoms with van der Waals surface area (Å²) in [4.78, 5) is 30.5. The van der Waals surface area contributed by atoms with Gasteiger partial charge in [0.1, 0.15) is 41.7 Å². The number of carbonyl (C=O) groups is 2. The van der Waals surface area contributed by atoms with Gasteiger partial charge in [0, 0.05) is 30.2 Å². The topological polar surface area (TPSA) is 209 Å². The third kappa shape index (κ3) is 10.8. The second-order valence-corrected chi connectivity index (χ2v) is 19.3. The summed E-state index contributed by atoms with van der Waals surface area (Å²) in [5.41, 5.74) is 0.0674. The maximum Gasteiger partial charge on any atom is 0.335 e. The molecule has 3 aromatic carbocycles. The number of aliphatic carboxylic acids is 1. The lowest BCUT2D eigenvalue weighted by Crippen LogP contribution is -2.80. The molecule has 0 aromatic heterocycles. The number of aldehydes is 1. The highest BCUT2D eigenvalue weighted by molar-refractivity contribution is 8.76. The maximum absolute atomic E-state index is 13.4. The molecule has 0 amide bonds. The molecule has 65 heavy (non-hydrogen) atoms. The Morgan fingerprint density at radius 2 is 1.92 bits per heavy atom. The van der Waals surface area contributed by atoms with Crippen molar-refractivity contribution in [2.75, 3.05) is 51.0 Å². The highest BCUT2D eigenvalue weighted by atomic mass is 33.1. The zero-order valence-corrected chi connectivity index (χ0v) is 38.3. The average Bonchev–Trinajstić information content (AvgIpc) is 3.84. The Kier molecular flexibility index (Phi) is 16.5. The largest absolute Gasteiger partial charge is 0.508 e. The number of fused-ring (bicyclic) bond motifs is 2. The molecule has 4 aliphatic rings. The molecule has 4 aliphatic heterocycles. The first-order chi connectivity index (χ1) is 31.5. The van der Waals surface area contributed by atoms with Gasteiger partial charge in [-0.05, 0) is 110 Å². The molecule has 16 heteroatoms. The quantitative estimate of drug-likeness (QED) is 0.0478. The van der Waals surface area contributed by atoms with Crippen molar-refractivity contribution < 1.29 is 54.1 Å². The summed E-state index contributed by atoms with van der Waals surface area (Å²) in [5, 5.41) is 62.7. The number of carboxylic acids is 1. The Morgan fingerprint density at radius 1 is 1.11 bits per heavy atom. The number of aliphatic imine (C=N–C) groups is 1. The number of ether oxygens (including phenoxy) is 4. The van der Waals surface area contributed by atoms with E-state index in [9.17, 15) is 35.1 Å². The number of β-amino-alcohol motifs (C(OH)–C–C–N with tert-alkyl or cyclic N) is 1. The number of carboxylic acid groups (broad SMARTS) is 1. The predicted octanol–water partition coefficient (Wildman–Crippen LogP) is 6.30. The van der Waals surface area contributed by atoms with Crippen LogP contribution in [-0.2, 0) is 25.5 Å². The van der Waals surface area contributed by atoms with Crippen LogP contribution in [0.15, 0.2) is 89.4 Å². The molecule has 4 heterocycles. The van der Waals surface area contributed by atoms with Gasteiger partial charge in [-0.15, -0.1) is 0 Å². The third-order valence-electron chi connectivity index (χ3n) is 12.7. The van der Waals surface area contributed by atoms with E-state index in [-0.39, 0.29) is 59.6 Å². The number of rotatable bonds is 16. The third-order valence-corrected chi connectivity index (χ3v) is 14.8. The lowest BCUT2D eigenvalue weighted by Gasteiger charge is -2.53. The van der Waals surface area contributed by atoms with Crippen LogP contribution in [0.25, 0.3) is 17.4 Å². The van der Waals surface area contributed by atoms with Gasteiger partial charge in [0.25, 0.3) is 0 Å². The standard InChI is InChI=1S/C49H59N3O11S2/c1-3-20-50-21-7-12-33-10-5-4-9-32(33)11-6-8-31(2)39-25-52-28-48(59)47(62-37-17-18-38-42(23-37)60-26-40(43(38)55)34-13-15-36(54)16-14-34)63-44(46(57)58)45(56)49(48,29-53)61-30-65-64-27-41(39)35-19-22-51-24-35/h4-6,9-11,13-19,23-24,29,31,39,41,44-45,47,50,52,54-56,59H,3,7-8,12,20-22,25-28,30H2,1-2H3,(H,57,58)/b11-6+/t31-,39-,41+,44-,45+,47+,48-,49-/m0/s1. The second-order valence-electron chi connectivity index (χ2n) is 16.9. The van der Waals surface area contributed by atoms with Crippen molar-refractivity contribution in [1.29, 1.82) is 0 Å². The van der Waals surface area contributed by atoms with Crippen molar-refractivity contribution in [2.45, 2.75) is 69.2 Å². The minimum atomic E-state index is -2.52. The van der Waals surface area contributed by atoms with E-state index >= 15 is 0 Å². The molecule has 0 radical (unpaired) electrons. The van der Waals surface area contributed by atoms with E-state index in [2.05, 4.69) is 72.0 Å². The number of phenolic OH excluding ortho intramolecular Hbond substituents is 1. The van der Waals surface area contributed by atoms with E-state index in [1.807, 2.05) is 6.21 Å². The predicted molar refractivity (Wildman–Crippen MR) is 254 cm³/mol. The highest BCUT2D eigenvalue weighted by Crippen LogP contribution is 2.45. The molecule has 348 valence electrons. The van der Waals surface area contributed by atoms with Crippen molar-refractivity contribution in [2.24, 2.45) is 22.7 Å². The molecule has 8 atom stereocenters. The molecule has 2 saturated heterocycles. The number of nitrogens with one attached hydrogen (secondary N) is 2. The Labute approximate surface area is 387 Å². The van der Waals surface area contributed by atoms with Crippen LogP contribution in [0.3, 0.4) is 0 Å². The molecule has 7 N–H and O–H groups in total. The van der Waals surface area contributed by atoms with Crippen LogP contribution < -0.4 is 20.1 Å². The highest BCUT2D eigenvalue weighted by Gasteiger charge is 2.69. The van der Waals surface area contributed by atoms with Crippen molar-refractivity contribution in [3.8, 4) is 17.2 Å². The van der Waals surface area contributed by atoms with Gasteiger partial charge < -0.3 is 55.1 Å². The fourth-order valence-corrected chi connectivity index (χ4v) is 11.0. The first-order valence-corrected chi connectivity index (χ1v) is 24.6. The smallest absolute Gasteiger partial charge is 0.335 e. The number of aromatic hydroxyl groups is 1. The molecule has 2 fully saturated rings. The lowest BCUT2D eigenvalue weighted by molar-refractivity contribution is -0.340. The molecule has 0 unspecified atom stereocenters. The van der Waals surface area contributed by atoms with Gasteiger partial charge in [-0.2, -0.15) is 0 Å². The number of nitrogens with zero attached hydrogens (tertiary/aromatic N) is 1. The molecule has 0 saturated carbocycles. The fraction of sp³-hybridized carbons (Fsp3) is 0.449. The number of phenols is 1. The van der Waals surface area contributed by atoms with Gasteiger partial charge in [-0.25, -0.2) is 4.79 Å². The fourth-order valence-electron chi connectivity index (χ4n) is 8.96. The maximum atomic E-state index is 13.4. The normalized spacial score (nSPS) is 27.7. The molecule has 3 aromatic rings. The van der Waals surface area contributed by atoms with E-state index in [0.717, 1.165) is 44.3 Å². The van der Waals surface area contributed by atoms with E-state index in [4.69, 9.17) is 18.9 Å². The molecule has 7 rings (SSSR count). The molecule has 0 bridgehead atoms. The van der Waals surface area contributed by atoms with Gasteiger partial charge >= 0.3 is 5.97 Å². The number of aryl methyl sites for hydroxylation is 1. The second kappa shape index (κ2) is 22.2. The van der Waals surface area contributed by atoms with E-state index in [1.165, 1.54) is 57.0 Å². The Balaban J connectivity index is 1.15. The monoisotopic (exact) mass is 929 g/mol. The van der Waals surface area contributed by atoms with E-state index in [0.29, 0.717) is 35.5 Å². The Bertz CT molecular complexity index is 2250. The van der Waals surface area contributed by atoms with Gasteiger partial charge in [-0.3, -0.25) is 9.79 Å². The summed E-state index contributed by atoms with van der Waals surface area (Å²) >= 11 is 0. The van der Waals surface area contributed by atoms with Crippen molar-refractivity contribution in [3.63, 3.8) is 0 Å². The zero-order chi connectivity index (χ0) is 46.0. The lowest BCUT2D eigenvalue weighted by atomic mass is 9.73. The average molecular weight is 930 g/mol.